The Morgan fingerprint density at radius 2 is 2.25 bits per heavy atom. The van der Waals surface area contributed by atoms with Crippen LogP contribution in [0.15, 0.2) is 42.0 Å². The van der Waals surface area contributed by atoms with Crippen molar-refractivity contribution in [3.63, 3.8) is 0 Å². The number of fused-ring (bicyclic) bond motifs is 1. The van der Waals surface area contributed by atoms with Gasteiger partial charge in [0.05, 0.1) is 24.9 Å². The molecule has 142 valence electrons. The fraction of sp³-hybridized carbons (Fsp3) is 0.286. The summed E-state index contributed by atoms with van der Waals surface area (Å²) in [5, 5.41) is 10.4. The summed E-state index contributed by atoms with van der Waals surface area (Å²) in [6, 6.07) is 8.70. The number of thiophene rings is 1. The molecule has 0 aliphatic carbocycles. The van der Waals surface area contributed by atoms with Crippen LogP contribution in [0, 0.1) is 6.92 Å². The molecule has 1 fully saturated rings. The van der Waals surface area contributed by atoms with E-state index in [2.05, 4.69) is 52.5 Å². The minimum atomic E-state index is 0.281. The quantitative estimate of drug-likeness (QED) is 0.565. The lowest BCUT2D eigenvalue weighted by Gasteiger charge is -2.34. The smallest absolute Gasteiger partial charge is 0.130 e. The number of rotatable bonds is 3. The van der Waals surface area contributed by atoms with Crippen LogP contribution in [0.3, 0.4) is 0 Å². The first-order valence-corrected chi connectivity index (χ1v) is 10.3. The third-order valence-corrected chi connectivity index (χ3v) is 6.12. The Kier molecular flexibility index (Phi) is 4.33. The minimum Gasteiger partial charge on any atom is -0.377 e. The van der Waals surface area contributed by atoms with Crippen molar-refractivity contribution in [3.05, 3.63) is 47.6 Å². The molecule has 28 heavy (non-hydrogen) atoms. The van der Waals surface area contributed by atoms with Crippen LogP contribution < -0.4 is 4.90 Å². The molecule has 5 rings (SSSR count). The molecule has 6 nitrogen and oxygen atoms in total. The van der Waals surface area contributed by atoms with Crippen LogP contribution in [-0.2, 0) is 4.74 Å². The van der Waals surface area contributed by atoms with Crippen molar-refractivity contribution in [1.29, 1.82) is 0 Å². The molecule has 7 heteroatoms. The van der Waals surface area contributed by atoms with Gasteiger partial charge in [0.25, 0.3) is 0 Å². The van der Waals surface area contributed by atoms with Crippen molar-refractivity contribution >= 4 is 28.1 Å². The fourth-order valence-corrected chi connectivity index (χ4v) is 4.56. The number of morpholine rings is 1. The Morgan fingerprint density at radius 1 is 1.32 bits per heavy atom. The molecule has 0 unspecified atom stereocenters. The van der Waals surface area contributed by atoms with Crippen LogP contribution >= 0.6 is 11.3 Å². The van der Waals surface area contributed by atoms with Gasteiger partial charge in [0, 0.05) is 34.8 Å². The van der Waals surface area contributed by atoms with Gasteiger partial charge in [0.2, 0.25) is 0 Å². The van der Waals surface area contributed by atoms with Gasteiger partial charge in [-0.05, 0) is 43.0 Å². The lowest BCUT2D eigenvalue weighted by Crippen LogP contribution is -2.44. The second-order valence-electron chi connectivity index (χ2n) is 7.11. The van der Waals surface area contributed by atoms with Crippen LogP contribution in [0.5, 0.6) is 0 Å². The number of nitrogens with one attached hydrogen (secondary N) is 1. The summed E-state index contributed by atoms with van der Waals surface area (Å²) < 4.78 is 5.63. The molecular formula is C21H21N5OS. The zero-order valence-corrected chi connectivity index (χ0v) is 16.7. The Hall–Kier alpha value is -2.77. The first-order valence-electron chi connectivity index (χ1n) is 9.41. The van der Waals surface area contributed by atoms with Crippen LogP contribution in [0.2, 0.25) is 0 Å². The first-order chi connectivity index (χ1) is 13.7. The van der Waals surface area contributed by atoms with Crippen LogP contribution in [0.25, 0.3) is 32.7 Å². The third kappa shape index (κ3) is 2.87. The second kappa shape index (κ2) is 7.00. The van der Waals surface area contributed by atoms with E-state index in [1.54, 1.807) is 17.5 Å². The van der Waals surface area contributed by atoms with Crippen molar-refractivity contribution in [3.8, 4) is 21.8 Å². The highest BCUT2D eigenvalue weighted by atomic mass is 32.1. The summed E-state index contributed by atoms with van der Waals surface area (Å²) in [5.74, 6) is 0.972. The molecule has 0 aromatic carbocycles. The molecule has 4 aromatic heterocycles. The maximum Gasteiger partial charge on any atom is 0.130 e. The highest BCUT2D eigenvalue weighted by Crippen LogP contribution is 2.38. The normalized spacial score (nSPS) is 17.4. The van der Waals surface area contributed by atoms with E-state index in [1.807, 2.05) is 12.3 Å². The van der Waals surface area contributed by atoms with Gasteiger partial charge in [-0.2, -0.15) is 5.10 Å². The molecule has 0 bridgehead atoms. The molecular weight excluding hydrogens is 370 g/mol. The molecule has 1 N–H and O–H groups in total. The maximum atomic E-state index is 5.63. The van der Waals surface area contributed by atoms with Gasteiger partial charge in [-0.3, -0.25) is 10.1 Å². The van der Waals surface area contributed by atoms with E-state index in [4.69, 9.17) is 14.7 Å². The molecule has 1 aliphatic rings. The molecule has 1 saturated heterocycles. The van der Waals surface area contributed by atoms with Gasteiger partial charge in [0.1, 0.15) is 17.0 Å². The maximum absolute atomic E-state index is 5.63. The molecule has 0 saturated carbocycles. The largest absolute Gasteiger partial charge is 0.377 e. The van der Waals surface area contributed by atoms with Crippen molar-refractivity contribution in [2.75, 3.05) is 24.7 Å². The van der Waals surface area contributed by atoms with E-state index in [-0.39, 0.29) is 6.04 Å². The van der Waals surface area contributed by atoms with Gasteiger partial charge >= 0.3 is 0 Å². The Balaban J connectivity index is 1.82. The van der Waals surface area contributed by atoms with Crippen LogP contribution in [0.1, 0.15) is 12.5 Å². The molecule has 0 amide bonds. The van der Waals surface area contributed by atoms with E-state index in [9.17, 15) is 0 Å². The number of anilines is 1. The Labute approximate surface area is 167 Å². The zero-order chi connectivity index (χ0) is 19.1. The molecule has 5 heterocycles. The summed E-state index contributed by atoms with van der Waals surface area (Å²) in [4.78, 5) is 13.4. The monoisotopic (exact) mass is 391 g/mol. The summed E-state index contributed by atoms with van der Waals surface area (Å²) in [7, 11) is 0. The highest BCUT2D eigenvalue weighted by molar-refractivity contribution is 7.13. The van der Waals surface area contributed by atoms with Crippen LogP contribution in [-0.4, -0.2) is 46.0 Å². The van der Waals surface area contributed by atoms with Crippen molar-refractivity contribution in [2.45, 2.75) is 19.9 Å². The predicted octanol–water partition coefficient (Wildman–Crippen LogP) is 4.28. The number of nitrogens with zero attached hydrogens (tertiary/aromatic N) is 4. The van der Waals surface area contributed by atoms with E-state index >= 15 is 0 Å². The van der Waals surface area contributed by atoms with E-state index in [0.717, 1.165) is 46.8 Å². The molecule has 0 spiro atoms. The first kappa shape index (κ1) is 17.3. The van der Waals surface area contributed by atoms with Crippen molar-refractivity contribution < 1.29 is 4.74 Å². The lowest BCUT2D eigenvalue weighted by molar-refractivity contribution is 0.0986. The van der Waals surface area contributed by atoms with Gasteiger partial charge in [-0.15, -0.1) is 11.3 Å². The van der Waals surface area contributed by atoms with E-state index < -0.39 is 0 Å². The topological polar surface area (TPSA) is 66.9 Å². The van der Waals surface area contributed by atoms with Crippen molar-refractivity contribution in [1.82, 2.24) is 20.2 Å². The summed E-state index contributed by atoms with van der Waals surface area (Å²) in [6.07, 6.45) is 3.67. The minimum absolute atomic E-state index is 0.281. The van der Waals surface area contributed by atoms with Crippen LogP contribution in [0.4, 0.5) is 5.82 Å². The average molecular weight is 392 g/mol. The van der Waals surface area contributed by atoms with Gasteiger partial charge in [-0.1, -0.05) is 6.07 Å². The van der Waals surface area contributed by atoms with Gasteiger partial charge in [0.15, 0.2) is 0 Å². The SMILES string of the molecule is Cc1cnc(-c2ccn[nH]2)c2nc(N3CCOC[C@H]3C)cc(-c3cccs3)c12. The number of pyridine rings is 2. The number of aryl methyl sites for hydroxylation is 1. The van der Waals surface area contributed by atoms with Gasteiger partial charge < -0.3 is 9.64 Å². The number of hydrogen-bond donors (Lipinski definition) is 1. The number of hydrogen-bond acceptors (Lipinski definition) is 6. The lowest BCUT2D eigenvalue weighted by atomic mass is 10.0. The van der Waals surface area contributed by atoms with Gasteiger partial charge in [-0.25, -0.2) is 4.98 Å². The number of H-pyrrole nitrogens is 1. The van der Waals surface area contributed by atoms with E-state index in [1.165, 1.54) is 10.4 Å². The standard InChI is InChI=1S/C21H21N5OS/c1-13-11-22-20(16-5-6-23-25-16)21-19(13)15(17-4-3-9-28-17)10-18(24-21)26-7-8-27-12-14(26)2/h3-6,9-11,14H,7-8,12H2,1-2H3,(H,23,25)/t14-/m1/s1. The number of aromatic amines is 1. The van der Waals surface area contributed by atoms with Crippen molar-refractivity contribution in [2.24, 2.45) is 0 Å². The second-order valence-corrected chi connectivity index (χ2v) is 8.05. The summed E-state index contributed by atoms with van der Waals surface area (Å²) >= 11 is 1.75. The average Bonchev–Trinajstić information content (AvgIpc) is 3.42. The number of aromatic nitrogens is 4. The molecule has 1 atom stereocenters. The third-order valence-electron chi connectivity index (χ3n) is 5.22. The molecule has 4 aromatic rings. The predicted molar refractivity (Wildman–Crippen MR) is 113 cm³/mol. The Morgan fingerprint density at radius 3 is 3.00 bits per heavy atom. The molecule has 0 radical (unpaired) electrons. The highest BCUT2D eigenvalue weighted by Gasteiger charge is 2.24. The van der Waals surface area contributed by atoms with E-state index in [0.29, 0.717) is 6.61 Å². The fourth-order valence-electron chi connectivity index (χ4n) is 3.81. The molecule has 1 aliphatic heterocycles. The zero-order valence-electron chi connectivity index (χ0n) is 15.8. The Bertz CT molecular complexity index is 1110. The summed E-state index contributed by atoms with van der Waals surface area (Å²) in [5.41, 5.74) is 4.94. The summed E-state index contributed by atoms with van der Waals surface area (Å²) in [6.45, 7) is 6.55. The number of ether oxygens (including phenoxy) is 1.